The molecule has 0 amide bonds. The molecule has 2 aromatic rings. The van der Waals surface area contributed by atoms with Gasteiger partial charge in [-0.15, -0.1) is 0 Å². The first kappa shape index (κ1) is 25.7. The minimum absolute atomic E-state index is 0.315. The predicted octanol–water partition coefficient (Wildman–Crippen LogP) is 2.65. The number of carbonyl (C=O) groups is 1. The Labute approximate surface area is 182 Å². The Morgan fingerprint density at radius 2 is 1.88 bits per heavy atom. The second kappa shape index (κ2) is 11.9. The van der Waals surface area contributed by atoms with Gasteiger partial charge in [0.1, 0.15) is 5.82 Å². The van der Waals surface area contributed by atoms with Crippen molar-refractivity contribution >= 4 is 5.97 Å². The number of aliphatic carboxylic acids is 1. The Balaban J connectivity index is 0.000000451. The minimum Gasteiger partial charge on any atom is -0.475 e. The molecule has 8 nitrogen and oxygen atoms in total. The van der Waals surface area contributed by atoms with E-state index in [2.05, 4.69) is 19.9 Å². The first-order valence-electron chi connectivity index (χ1n) is 10.1. The smallest absolute Gasteiger partial charge is 0.475 e. The molecule has 1 aliphatic heterocycles. The molecule has 1 aromatic heterocycles. The lowest BCUT2D eigenvalue weighted by Crippen LogP contribution is -2.33. The number of halogens is 4. The molecule has 3 rings (SSSR count). The van der Waals surface area contributed by atoms with Crippen molar-refractivity contribution in [3.8, 4) is 0 Å². The number of aliphatic hydroxyl groups excluding tert-OH is 1. The summed E-state index contributed by atoms with van der Waals surface area (Å²) in [6.45, 7) is 6.79. The van der Waals surface area contributed by atoms with Crippen LogP contribution in [0.4, 0.5) is 17.6 Å². The van der Waals surface area contributed by atoms with Crippen LogP contribution in [-0.2, 0) is 17.8 Å². The van der Waals surface area contributed by atoms with Crippen molar-refractivity contribution in [2.45, 2.75) is 38.6 Å². The highest BCUT2D eigenvalue weighted by Gasteiger charge is 2.38. The summed E-state index contributed by atoms with van der Waals surface area (Å²) in [4.78, 5) is 17.8. The van der Waals surface area contributed by atoms with Gasteiger partial charge in [0.05, 0.1) is 12.6 Å². The quantitative estimate of drug-likeness (QED) is 0.632. The molecule has 2 heterocycles. The molecule has 1 aromatic carbocycles. The number of β-amino-alcohol motifs (C(OH)–C–C–N with tert-alkyl or cyclic N) is 1. The van der Waals surface area contributed by atoms with E-state index in [1.165, 1.54) is 12.1 Å². The van der Waals surface area contributed by atoms with Gasteiger partial charge in [0.25, 0.3) is 0 Å². The molecule has 12 heteroatoms. The number of hydrogen-bond donors (Lipinski definition) is 2. The van der Waals surface area contributed by atoms with Crippen LogP contribution in [0.25, 0.3) is 0 Å². The number of nitrogens with zero attached hydrogens (tertiary/aromatic N) is 4. The van der Waals surface area contributed by atoms with E-state index in [0.717, 1.165) is 44.8 Å². The van der Waals surface area contributed by atoms with Gasteiger partial charge in [0.15, 0.2) is 5.82 Å². The summed E-state index contributed by atoms with van der Waals surface area (Å²) in [5.74, 6) is -1.67. The summed E-state index contributed by atoms with van der Waals surface area (Å²) in [7, 11) is 0. The Morgan fingerprint density at radius 1 is 1.22 bits per heavy atom. The summed E-state index contributed by atoms with van der Waals surface area (Å²) in [5, 5.41) is 21.5. The second-order valence-electron chi connectivity index (χ2n) is 7.26. The van der Waals surface area contributed by atoms with E-state index in [1.807, 2.05) is 6.92 Å². The number of benzene rings is 1. The largest absolute Gasteiger partial charge is 0.490 e. The van der Waals surface area contributed by atoms with Crippen molar-refractivity contribution in [3.05, 3.63) is 47.4 Å². The average molecular weight is 462 g/mol. The van der Waals surface area contributed by atoms with E-state index < -0.39 is 18.2 Å². The van der Waals surface area contributed by atoms with Gasteiger partial charge < -0.3 is 14.7 Å². The maximum absolute atomic E-state index is 13.3. The lowest BCUT2D eigenvalue weighted by molar-refractivity contribution is -0.192. The van der Waals surface area contributed by atoms with E-state index >= 15 is 0 Å². The van der Waals surface area contributed by atoms with Crippen LogP contribution < -0.4 is 0 Å². The van der Waals surface area contributed by atoms with Gasteiger partial charge in [-0.05, 0) is 37.2 Å². The predicted molar refractivity (Wildman–Crippen MR) is 105 cm³/mol. The minimum atomic E-state index is -5.08. The fraction of sp³-hybridized carbons (Fsp3) is 0.550. The normalized spacial score (nSPS) is 16.7. The first-order valence-corrected chi connectivity index (χ1v) is 10.1. The molecule has 0 radical (unpaired) electrons. The van der Waals surface area contributed by atoms with Crippen LogP contribution in [0, 0.1) is 5.82 Å². The monoisotopic (exact) mass is 462 g/mol. The van der Waals surface area contributed by atoms with Crippen LogP contribution in [0.15, 0.2) is 28.8 Å². The van der Waals surface area contributed by atoms with Gasteiger partial charge in [-0.2, -0.15) is 18.2 Å². The number of aryl methyl sites for hydroxylation is 1. The molecular weight excluding hydrogens is 436 g/mol. The molecule has 32 heavy (non-hydrogen) atoms. The molecule has 1 aliphatic rings. The number of aliphatic hydroxyl groups is 1. The van der Waals surface area contributed by atoms with Crippen LogP contribution in [-0.4, -0.2) is 75.0 Å². The third kappa shape index (κ3) is 8.52. The maximum atomic E-state index is 13.3. The zero-order valence-corrected chi connectivity index (χ0v) is 17.6. The van der Waals surface area contributed by atoms with Crippen LogP contribution in [0.3, 0.4) is 0 Å². The van der Waals surface area contributed by atoms with Crippen LogP contribution in [0.5, 0.6) is 0 Å². The Kier molecular flexibility index (Phi) is 9.54. The average Bonchev–Trinajstić information content (AvgIpc) is 3.07. The number of aromatic nitrogens is 2. The fourth-order valence-electron chi connectivity index (χ4n) is 3.13. The molecule has 1 atom stereocenters. The topological polar surface area (TPSA) is 103 Å². The van der Waals surface area contributed by atoms with Crippen LogP contribution in [0.1, 0.15) is 36.7 Å². The molecule has 178 valence electrons. The first-order chi connectivity index (χ1) is 15.1. The lowest BCUT2D eigenvalue weighted by Gasteiger charge is -2.24. The van der Waals surface area contributed by atoms with Crippen molar-refractivity contribution in [2.75, 3.05) is 32.7 Å². The van der Waals surface area contributed by atoms with E-state index in [1.54, 1.807) is 12.1 Å². The molecule has 0 spiro atoms. The number of hydrogen-bond acceptors (Lipinski definition) is 7. The summed E-state index contributed by atoms with van der Waals surface area (Å²) < 4.78 is 50.2. The van der Waals surface area contributed by atoms with Gasteiger partial charge >= 0.3 is 12.1 Å². The van der Waals surface area contributed by atoms with E-state index in [4.69, 9.17) is 14.4 Å². The highest BCUT2D eigenvalue weighted by Crippen LogP contribution is 2.17. The van der Waals surface area contributed by atoms with Gasteiger partial charge in [0, 0.05) is 26.1 Å². The second-order valence-corrected chi connectivity index (χ2v) is 7.26. The third-order valence-electron chi connectivity index (χ3n) is 4.77. The molecule has 2 N–H and O–H groups in total. The van der Waals surface area contributed by atoms with E-state index in [-0.39, 0.29) is 5.82 Å². The molecule has 0 aliphatic carbocycles. The van der Waals surface area contributed by atoms with E-state index in [0.29, 0.717) is 24.5 Å². The zero-order chi connectivity index (χ0) is 23.7. The highest BCUT2D eigenvalue weighted by atomic mass is 19.4. The zero-order valence-electron chi connectivity index (χ0n) is 17.6. The molecule has 1 unspecified atom stereocenters. The highest BCUT2D eigenvalue weighted by molar-refractivity contribution is 5.73. The van der Waals surface area contributed by atoms with Crippen LogP contribution in [0.2, 0.25) is 0 Å². The maximum Gasteiger partial charge on any atom is 0.490 e. The van der Waals surface area contributed by atoms with Crippen molar-refractivity contribution in [1.29, 1.82) is 0 Å². The van der Waals surface area contributed by atoms with Gasteiger partial charge in [-0.25, -0.2) is 9.18 Å². The summed E-state index contributed by atoms with van der Waals surface area (Å²) >= 11 is 0. The standard InChI is InChI=1S/C18H25FN4O2.C2HF3O2/c1-2-18-20-17(21-25-18)13-23-8-4-7-22(9-10-23)12-16(24)14-5-3-6-15(19)11-14;3-2(4,5)1(6)7/h3,5-6,11,16,24H,2,4,7-10,12-13H2,1H3;(H,6,7). The van der Waals surface area contributed by atoms with E-state index in [9.17, 15) is 22.7 Å². The van der Waals surface area contributed by atoms with Crippen molar-refractivity contribution < 1.29 is 37.1 Å². The SMILES string of the molecule is CCc1nc(CN2CCCN(CC(O)c3cccc(F)c3)CC2)no1.O=C(O)C(F)(F)F. The van der Waals surface area contributed by atoms with Crippen molar-refractivity contribution in [2.24, 2.45) is 0 Å². The summed E-state index contributed by atoms with van der Waals surface area (Å²) in [6, 6.07) is 6.19. The number of carboxylic acids is 1. The number of rotatable bonds is 6. The molecule has 1 fully saturated rings. The van der Waals surface area contributed by atoms with Gasteiger partial charge in [-0.1, -0.05) is 24.2 Å². The molecule has 1 saturated heterocycles. The van der Waals surface area contributed by atoms with Crippen LogP contribution >= 0.6 is 0 Å². The Morgan fingerprint density at radius 3 is 2.47 bits per heavy atom. The molecule has 0 saturated carbocycles. The summed E-state index contributed by atoms with van der Waals surface area (Å²) in [5.41, 5.74) is 0.625. The van der Waals surface area contributed by atoms with Crippen molar-refractivity contribution in [1.82, 2.24) is 19.9 Å². The Bertz CT molecular complexity index is 862. The Hall–Kier alpha value is -2.57. The van der Waals surface area contributed by atoms with Crippen molar-refractivity contribution in [3.63, 3.8) is 0 Å². The number of carboxylic acid groups (broad SMARTS) is 1. The number of alkyl halides is 3. The lowest BCUT2D eigenvalue weighted by atomic mass is 10.1. The summed E-state index contributed by atoms with van der Waals surface area (Å²) in [6.07, 6.45) is -4.00. The molecular formula is C20H26F4N4O4. The van der Waals surface area contributed by atoms with Gasteiger partial charge in [-0.3, -0.25) is 9.80 Å². The van der Waals surface area contributed by atoms with Gasteiger partial charge in [0.2, 0.25) is 5.89 Å². The molecule has 0 bridgehead atoms. The third-order valence-corrected chi connectivity index (χ3v) is 4.77. The fourth-order valence-corrected chi connectivity index (χ4v) is 3.13.